The maximum absolute atomic E-state index is 12.8. The molecule has 0 aliphatic carbocycles. The normalized spacial score (nSPS) is 15.9. The van der Waals surface area contributed by atoms with E-state index in [0.717, 1.165) is 22.3 Å². The molecule has 1 saturated heterocycles. The Hall–Kier alpha value is -3.67. The lowest BCUT2D eigenvalue weighted by molar-refractivity contribution is -0.117. The molecule has 0 bridgehead atoms. The highest BCUT2D eigenvalue weighted by Gasteiger charge is 2.32. The van der Waals surface area contributed by atoms with Crippen LogP contribution in [0.25, 0.3) is 0 Å². The number of nitrogens with two attached hydrogens (primary N) is 1. The Kier molecular flexibility index (Phi) is 6.17. The summed E-state index contributed by atoms with van der Waals surface area (Å²) in [6.45, 7) is 6.43. The SMILES string of the molecule is Cc1cc(C)c(C)c(Oc2cc([C@H]3CC(=O)N(c4ccc(S(N)(=O)=O)cc4)C3)ccc2C#N)c1. The van der Waals surface area contributed by atoms with Crippen molar-refractivity contribution >= 4 is 21.6 Å². The lowest BCUT2D eigenvalue weighted by atomic mass is 9.96. The highest BCUT2D eigenvalue weighted by molar-refractivity contribution is 7.89. The van der Waals surface area contributed by atoms with Gasteiger partial charge in [-0.2, -0.15) is 5.26 Å². The van der Waals surface area contributed by atoms with E-state index in [1.165, 1.54) is 12.1 Å². The summed E-state index contributed by atoms with van der Waals surface area (Å²) in [6.07, 6.45) is 0.296. The number of anilines is 1. The summed E-state index contributed by atoms with van der Waals surface area (Å²) < 4.78 is 29.2. The van der Waals surface area contributed by atoms with Crippen molar-refractivity contribution in [2.45, 2.75) is 38.0 Å². The number of hydrogen-bond acceptors (Lipinski definition) is 5. The number of nitrogens with zero attached hydrogens (tertiary/aromatic N) is 2. The minimum atomic E-state index is -3.80. The average molecular weight is 476 g/mol. The second kappa shape index (κ2) is 8.93. The third-order valence-electron chi connectivity index (χ3n) is 6.18. The van der Waals surface area contributed by atoms with E-state index >= 15 is 0 Å². The molecule has 1 atom stereocenters. The minimum absolute atomic E-state index is 0.00462. The van der Waals surface area contributed by atoms with Crippen LogP contribution >= 0.6 is 0 Å². The van der Waals surface area contributed by atoms with Crippen LogP contribution in [0.2, 0.25) is 0 Å². The fraction of sp³-hybridized carbons (Fsp3) is 0.231. The van der Waals surface area contributed by atoms with Gasteiger partial charge in [0.1, 0.15) is 17.6 Å². The van der Waals surface area contributed by atoms with Gasteiger partial charge in [-0.05, 0) is 85.5 Å². The molecule has 34 heavy (non-hydrogen) atoms. The van der Waals surface area contributed by atoms with Crippen LogP contribution in [-0.2, 0) is 14.8 Å². The molecular formula is C26H25N3O4S. The smallest absolute Gasteiger partial charge is 0.238 e. The first-order valence-electron chi connectivity index (χ1n) is 10.8. The predicted octanol–water partition coefficient (Wildman–Crippen LogP) is 4.44. The van der Waals surface area contributed by atoms with Crippen LogP contribution in [-0.4, -0.2) is 20.9 Å². The second-order valence-electron chi connectivity index (χ2n) is 8.62. The van der Waals surface area contributed by atoms with E-state index in [1.807, 2.05) is 39.0 Å². The van der Waals surface area contributed by atoms with Crippen LogP contribution < -0.4 is 14.8 Å². The van der Waals surface area contributed by atoms with Crippen molar-refractivity contribution in [1.29, 1.82) is 5.26 Å². The van der Waals surface area contributed by atoms with Gasteiger partial charge >= 0.3 is 0 Å². The number of carbonyl (C=O) groups is 1. The van der Waals surface area contributed by atoms with Crippen molar-refractivity contribution in [2.75, 3.05) is 11.4 Å². The molecule has 0 unspecified atom stereocenters. The first-order valence-corrected chi connectivity index (χ1v) is 12.3. The number of nitriles is 1. The Bertz CT molecular complexity index is 1420. The lowest BCUT2D eigenvalue weighted by Crippen LogP contribution is -2.24. The first kappa shape index (κ1) is 23.5. The van der Waals surface area contributed by atoms with E-state index in [4.69, 9.17) is 9.88 Å². The van der Waals surface area contributed by atoms with Crippen molar-refractivity contribution in [3.8, 4) is 17.6 Å². The molecule has 1 fully saturated rings. The van der Waals surface area contributed by atoms with Crippen molar-refractivity contribution in [3.05, 3.63) is 82.4 Å². The predicted molar refractivity (Wildman–Crippen MR) is 129 cm³/mol. The van der Waals surface area contributed by atoms with Crippen molar-refractivity contribution < 1.29 is 17.9 Å². The Labute approximate surface area is 199 Å². The average Bonchev–Trinajstić information content (AvgIpc) is 3.18. The molecule has 0 spiro atoms. The fourth-order valence-electron chi connectivity index (χ4n) is 4.19. The summed E-state index contributed by atoms with van der Waals surface area (Å²) in [5, 5.41) is 14.8. The van der Waals surface area contributed by atoms with E-state index in [1.54, 1.807) is 23.1 Å². The molecule has 0 saturated carbocycles. The number of aryl methyl sites for hydroxylation is 2. The zero-order valence-electron chi connectivity index (χ0n) is 19.2. The van der Waals surface area contributed by atoms with Gasteiger partial charge in [-0.3, -0.25) is 4.79 Å². The van der Waals surface area contributed by atoms with Gasteiger partial charge in [0.2, 0.25) is 15.9 Å². The zero-order chi connectivity index (χ0) is 24.6. The van der Waals surface area contributed by atoms with Gasteiger partial charge in [0.15, 0.2) is 0 Å². The summed E-state index contributed by atoms with van der Waals surface area (Å²) in [5.74, 6) is 0.993. The molecule has 1 heterocycles. The van der Waals surface area contributed by atoms with Crippen LogP contribution in [0.5, 0.6) is 11.5 Å². The number of benzene rings is 3. The quantitative estimate of drug-likeness (QED) is 0.586. The Morgan fingerprint density at radius 3 is 2.38 bits per heavy atom. The van der Waals surface area contributed by atoms with Gasteiger partial charge in [-0.1, -0.05) is 12.1 Å². The van der Waals surface area contributed by atoms with Crippen LogP contribution in [0, 0.1) is 32.1 Å². The lowest BCUT2D eigenvalue weighted by Gasteiger charge is -2.18. The molecule has 1 amide bonds. The van der Waals surface area contributed by atoms with Gasteiger partial charge in [-0.25, -0.2) is 13.6 Å². The van der Waals surface area contributed by atoms with E-state index in [0.29, 0.717) is 35.7 Å². The van der Waals surface area contributed by atoms with E-state index in [2.05, 4.69) is 12.1 Å². The monoisotopic (exact) mass is 475 g/mol. The summed E-state index contributed by atoms with van der Waals surface area (Å²) in [5.41, 5.74) is 5.10. The van der Waals surface area contributed by atoms with Crippen LogP contribution in [0.3, 0.4) is 0 Å². The zero-order valence-corrected chi connectivity index (χ0v) is 20.0. The first-order chi connectivity index (χ1) is 16.1. The van der Waals surface area contributed by atoms with Gasteiger partial charge in [0, 0.05) is 24.6 Å². The molecule has 0 radical (unpaired) electrons. The Morgan fingerprint density at radius 1 is 1.03 bits per heavy atom. The third-order valence-corrected chi connectivity index (χ3v) is 7.11. The van der Waals surface area contributed by atoms with E-state index in [9.17, 15) is 18.5 Å². The van der Waals surface area contributed by atoms with Crippen molar-refractivity contribution in [2.24, 2.45) is 5.14 Å². The summed E-state index contributed by atoms with van der Waals surface area (Å²) in [4.78, 5) is 14.4. The highest BCUT2D eigenvalue weighted by atomic mass is 32.2. The summed E-state index contributed by atoms with van der Waals surface area (Å²) >= 11 is 0. The van der Waals surface area contributed by atoms with Gasteiger partial charge in [0.25, 0.3) is 0 Å². The molecule has 8 heteroatoms. The molecule has 3 aromatic carbocycles. The number of hydrogen-bond donors (Lipinski definition) is 1. The number of primary sulfonamides is 1. The number of sulfonamides is 1. The molecule has 3 aromatic rings. The van der Waals surface area contributed by atoms with Crippen molar-refractivity contribution in [1.82, 2.24) is 0 Å². The van der Waals surface area contributed by atoms with Crippen molar-refractivity contribution in [3.63, 3.8) is 0 Å². The maximum Gasteiger partial charge on any atom is 0.238 e. The number of ether oxygens (including phenoxy) is 1. The Morgan fingerprint density at radius 2 is 1.74 bits per heavy atom. The van der Waals surface area contributed by atoms with E-state index < -0.39 is 10.0 Å². The number of carbonyl (C=O) groups excluding carboxylic acids is 1. The third kappa shape index (κ3) is 4.67. The minimum Gasteiger partial charge on any atom is -0.456 e. The van der Waals surface area contributed by atoms with Gasteiger partial charge < -0.3 is 9.64 Å². The van der Waals surface area contributed by atoms with Crippen LogP contribution in [0.4, 0.5) is 5.69 Å². The highest BCUT2D eigenvalue weighted by Crippen LogP contribution is 2.36. The molecule has 1 aliphatic heterocycles. The molecule has 2 N–H and O–H groups in total. The number of rotatable bonds is 5. The van der Waals surface area contributed by atoms with Gasteiger partial charge in [-0.15, -0.1) is 0 Å². The molecule has 1 aliphatic rings. The molecule has 7 nitrogen and oxygen atoms in total. The molecule has 4 rings (SSSR count). The topological polar surface area (TPSA) is 113 Å². The number of amides is 1. The van der Waals surface area contributed by atoms with Crippen LogP contribution in [0.15, 0.2) is 59.5 Å². The molecule has 0 aromatic heterocycles. The molecular weight excluding hydrogens is 450 g/mol. The molecule has 174 valence electrons. The summed E-state index contributed by atoms with van der Waals surface area (Å²) in [6, 6.07) is 17.6. The second-order valence-corrected chi connectivity index (χ2v) is 10.2. The van der Waals surface area contributed by atoms with E-state index in [-0.39, 0.29) is 16.7 Å². The van der Waals surface area contributed by atoms with Gasteiger partial charge in [0.05, 0.1) is 10.5 Å². The standard InChI is InChI=1S/C26H25N3O4S/c1-16-10-17(2)18(3)24(11-16)33-25-12-19(4-5-20(25)14-27)21-13-26(30)29(15-21)22-6-8-23(9-7-22)34(28,31)32/h4-12,21H,13,15H2,1-3H3,(H2,28,31,32)/t21-/m0/s1. The fourth-order valence-corrected chi connectivity index (χ4v) is 4.71. The van der Waals surface area contributed by atoms with Crippen LogP contribution in [0.1, 0.15) is 40.2 Å². The largest absolute Gasteiger partial charge is 0.456 e. The summed E-state index contributed by atoms with van der Waals surface area (Å²) in [7, 11) is -3.80. The Balaban J connectivity index is 1.61. The maximum atomic E-state index is 12.8.